The molecule has 3 atom stereocenters. The minimum Gasteiger partial charge on any atom is -0.410 e. The molecule has 4 rings (SSSR count). The van der Waals surface area contributed by atoms with Crippen molar-refractivity contribution in [2.45, 2.75) is 50.0 Å². The summed E-state index contributed by atoms with van der Waals surface area (Å²) in [7, 11) is 3.44. The van der Waals surface area contributed by atoms with Gasteiger partial charge in [-0.25, -0.2) is 4.79 Å². The van der Waals surface area contributed by atoms with E-state index in [0.717, 1.165) is 25.4 Å². The molecule has 26 heavy (non-hydrogen) atoms. The van der Waals surface area contributed by atoms with Gasteiger partial charge in [-0.2, -0.15) is 0 Å². The third-order valence-electron chi connectivity index (χ3n) is 6.86. The lowest BCUT2D eigenvalue weighted by Crippen LogP contribution is -2.60. The lowest BCUT2D eigenvalue weighted by molar-refractivity contribution is -0.00517. The fourth-order valence-corrected chi connectivity index (χ4v) is 5.71. The molecule has 2 fully saturated rings. The molecule has 0 radical (unpaired) electrons. The zero-order valence-corrected chi connectivity index (χ0v) is 16.0. The molecule has 1 aliphatic heterocycles. The second kappa shape index (κ2) is 6.73. The summed E-state index contributed by atoms with van der Waals surface area (Å²) < 4.78 is 5.58. The van der Waals surface area contributed by atoms with Crippen molar-refractivity contribution in [3.05, 3.63) is 42.0 Å². The van der Waals surface area contributed by atoms with Crippen LogP contribution in [-0.4, -0.2) is 49.1 Å². The number of hydrogen-bond acceptors (Lipinski definition) is 3. The van der Waals surface area contributed by atoms with E-state index in [-0.39, 0.29) is 11.5 Å². The van der Waals surface area contributed by atoms with Gasteiger partial charge in [-0.05, 0) is 61.4 Å². The van der Waals surface area contributed by atoms with Crippen molar-refractivity contribution in [2.24, 2.45) is 5.92 Å². The Hall–Kier alpha value is -1.81. The Kier molecular flexibility index (Phi) is 4.55. The molecule has 0 spiro atoms. The van der Waals surface area contributed by atoms with Crippen LogP contribution in [0.1, 0.15) is 43.2 Å². The number of nitrogens with zero attached hydrogens (tertiary/aromatic N) is 2. The predicted octanol–water partition coefficient (Wildman–Crippen LogP) is 3.99. The highest BCUT2D eigenvalue weighted by Crippen LogP contribution is 2.56. The highest BCUT2D eigenvalue weighted by Gasteiger charge is 2.53. The van der Waals surface area contributed by atoms with Gasteiger partial charge in [0.25, 0.3) is 0 Å². The Labute approximate surface area is 156 Å². The summed E-state index contributed by atoms with van der Waals surface area (Å²) in [6.45, 7) is 6.10. The topological polar surface area (TPSA) is 32.8 Å². The van der Waals surface area contributed by atoms with Crippen molar-refractivity contribution in [3.8, 4) is 5.75 Å². The third-order valence-corrected chi connectivity index (χ3v) is 6.86. The zero-order chi connectivity index (χ0) is 18.3. The summed E-state index contributed by atoms with van der Waals surface area (Å²) in [4.78, 5) is 16.1. The largest absolute Gasteiger partial charge is 0.414 e. The number of fused-ring (bicyclic) bond motifs is 1. The van der Waals surface area contributed by atoms with Gasteiger partial charge < -0.3 is 9.64 Å². The van der Waals surface area contributed by atoms with Crippen LogP contribution in [0.5, 0.6) is 5.75 Å². The summed E-state index contributed by atoms with van der Waals surface area (Å²) in [5.41, 5.74) is 3.18. The molecule has 3 aliphatic rings. The van der Waals surface area contributed by atoms with Gasteiger partial charge in [0.2, 0.25) is 0 Å². The molecular formula is C22H30N2O2. The van der Waals surface area contributed by atoms with Gasteiger partial charge in [-0.3, -0.25) is 4.90 Å². The van der Waals surface area contributed by atoms with E-state index in [1.807, 2.05) is 6.07 Å². The molecule has 140 valence electrons. The summed E-state index contributed by atoms with van der Waals surface area (Å²) in [6, 6.07) is 6.97. The monoisotopic (exact) mass is 354 g/mol. The molecule has 1 aromatic carbocycles. The maximum absolute atomic E-state index is 12.0. The first-order valence-corrected chi connectivity index (χ1v) is 9.92. The summed E-state index contributed by atoms with van der Waals surface area (Å²) in [5, 5.41) is 0. The lowest BCUT2D eigenvalue weighted by Gasteiger charge is -2.59. The number of likely N-dealkylation sites (tertiary alicyclic amines) is 1. The maximum atomic E-state index is 12.0. The molecule has 4 heteroatoms. The van der Waals surface area contributed by atoms with E-state index in [2.05, 4.69) is 29.7 Å². The van der Waals surface area contributed by atoms with Crippen LogP contribution in [0.2, 0.25) is 0 Å². The van der Waals surface area contributed by atoms with Crippen LogP contribution in [0.25, 0.3) is 0 Å². The van der Waals surface area contributed by atoms with Crippen LogP contribution < -0.4 is 4.74 Å². The minimum absolute atomic E-state index is 0.273. The van der Waals surface area contributed by atoms with Gasteiger partial charge >= 0.3 is 6.09 Å². The standard InChI is InChI=1S/C22H30N2O2/c1-4-12-24-13-11-22-10-6-5-7-18(22)20(24)14-16-8-9-17(15-19(16)22)26-21(25)23(2)3/h4,8-9,15,18,20H,1,5-7,10-14H2,2-3H3/t18-,20+,22+/m0/s1. The number of piperidine rings is 1. The normalized spacial score (nSPS) is 30.1. The number of carbonyl (C=O) groups excluding carboxylic acids is 1. The van der Waals surface area contributed by atoms with Crippen molar-refractivity contribution in [3.63, 3.8) is 0 Å². The molecule has 0 aromatic heterocycles. The van der Waals surface area contributed by atoms with Crippen LogP contribution in [-0.2, 0) is 11.8 Å². The fourth-order valence-electron chi connectivity index (χ4n) is 5.71. The first-order valence-electron chi connectivity index (χ1n) is 9.92. The van der Waals surface area contributed by atoms with E-state index < -0.39 is 0 Å². The molecule has 2 bridgehead atoms. The predicted molar refractivity (Wildman–Crippen MR) is 104 cm³/mol. The quantitative estimate of drug-likeness (QED) is 0.770. The molecular weight excluding hydrogens is 324 g/mol. The number of carbonyl (C=O) groups is 1. The van der Waals surface area contributed by atoms with Crippen LogP contribution in [0.15, 0.2) is 30.9 Å². The van der Waals surface area contributed by atoms with Crippen LogP contribution in [0, 0.1) is 5.92 Å². The first-order chi connectivity index (χ1) is 12.5. The van der Waals surface area contributed by atoms with Crippen molar-refractivity contribution >= 4 is 6.09 Å². The lowest BCUT2D eigenvalue weighted by atomic mass is 9.52. The Morgan fingerprint density at radius 1 is 1.38 bits per heavy atom. The maximum Gasteiger partial charge on any atom is 0.414 e. The average Bonchev–Trinajstić information content (AvgIpc) is 2.64. The zero-order valence-electron chi connectivity index (χ0n) is 16.0. The SMILES string of the molecule is C=CCN1CC[C@]23CCCC[C@H]2[C@H]1Cc1ccc(OC(=O)N(C)C)cc13. The number of rotatable bonds is 3. The third kappa shape index (κ3) is 2.75. The highest BCUT2D eigenvalue weighted by atomic mass is 16.6. The molecule has 1 saturated heterocycles. The van der Waals surface area contributed by atoms with E-state index in [1.165, 1.54) is 48.1 Å². The van der Waals surface area contributed by atoms with Crippen LogP contribution in [0.3, 0.4) is 0 Å². The number of hydrogen-bond donors (Lipinski definition) is 0. The summed E-state index contributed by atoms with van der Waals surface area (Å²) >= 11 is 0. The summed E-state index contributed by atoms with van der Waals surface area (Å²) in [6.07, 6.45) is 9.30. The Balaban J connectivity index is 1.72. The number of benzene rings is 1. The van der Waals surface area contributed by atoms with Gasteiger partial charge in [-0.15, -0.1) is 6.58 Å². The van der Waals surface area contributed by atoms with Crippen molar-refractivity contribution < 1.29 is 9.53 Å². The van der Waals surface area contributed by atoms with E-state index >= 15 is 0 Å². The molecule has 0 N–H and O–H groups in total. The van der Waals surface area contributed by atoms with E-state index in [1.54, 1.807) is 14.1 Å². The fraction of sp³-hybridized carbons (Fsp3) is 0.591. The van der Waals surface area contributed by atoms with Gasteiger partial charge in [-0.1, -0.05) is 25.0 Å². The van der Waals surface area contributed by atoms with Crippen LogP contribution in [0.4, 0.5) is 4.79 Å². The van der Waals surface area contributed by atoms with Crippen molar-refractivity contribution in [1.29, 1.82) is 0 Å². The van der Waals surface area contributed by atoms with Crippen molar-refractivity contribution in [2.75, 3.05) is 27.2 Å². The smallest absolute Gasteiger partial charge is 0.410 e. The van der Waals surface area contributed by atoms with Crippen LogP contribution >= 0.6 is 0 Å². The molecule has 1 amide bonds. The average molecular weight is 354 g/mol. The van der Waals surface area contributed by atoms with E-state index in [0.29, 0.717) is 11.8 Å². The molecule has 4 nitrogen and oxygen atoms in total. The highest BCUT2D eigenvalue weighted by molar-refractivity contribution is 5.70. The summed E-state index contributed by atoms with van der Waals surface area (Å²) in [5.74, 6) is 1.41. The Morgan fingerprint density at radius 3 is 3.00 bits per heavy atom. The first kappa shape index (κ1) is 17.6. The Morgan fingerprint density at radius 2 is 2.23 bits per heavy atom. The van der Waals surface area contributed by atoms with Gasteiger partial charge in [0.1, 0.15) is 5.75 Å². The molecule has 2 aliphatic carbocycles. The molecule has 0 unspecified atom stereocenters. The van der Waals surface area contributed by atoms with E-state index in [9.17, 15) is 4.79 Å². The van der Waals surface area contributed by atoms with Gasteiger partial charge in [0.05, 0.1) is 0 Å². The number of ether oxygens (including phenoxy) is 1. The van der Waals surface area contributed by atoms with E-state index in [4.69, 9.17) is 4.74 Å². The Bertz CT molecular complexity index is 714. The second-order valence-corrected chi connectivity index (χ2v) is 8.39. The number of amides is 1. The van der Waals surface area contributed by atoms with Gasteiger partial charge in [0, 0.05) is 32.1 Å². The second-order valence-electron chi connectivity index (χ2n) is 8.39. The van der Waals surface area contributed by atoms with Crippen molar-refractivity contribution in [1.82, 2.24) is 9.80 Å². The molecule has 1 aromatic rings. The van der Waals surface area contributed by atoms with Gasteiger partial charge in [0.15, 0.2) is 0 Å². The molecule has 1 heterocycles. The minimum atomic E-state index is -0.308. The molecule has 1 saturated carbocycles.